The number of phenolic OH excluding ortho intramolecular Hbond substituents is 1. The van der Waals surface area contributed by atoms with Gasteiger partial charge in [-0.05, 0) is 40.2 Å². The minimum atomic E-state index is -0.784. The number of amides is 2. The maximum atomic E-state index is 13.0. The van der Waals surface area contributed by atoms with Crippen molar-refractivity contribution in [3.63, 3.8) is 0 Å². The third-order valence-corrected chi connectivity index (χ3v) is 3.16. The first-order chi connectivity index (χ1) is 9.00. The van der Waals surface area contributed by atoms with Crippen LogP contribution in [-0.4, -0.2) is 11.1 Å². The van der Waals surface area contributed by atoms with Crippen molar-refractivity contribution in [3.05, 3.63) is 52.8 Å². The third-order valence-electron chi connectivity index (χ3n) is 2.49. The number of urea groups is 1. The molecular weight excluding hydrogens is 315 g/mol. The van der Waals surface area contributed by atoms with E-state index in [0.717, 1.165) is 17.0 Å². The quantitative estimate of drug-likeness (QED) is 0.887. The molecule has 4 nitrogen and oxygen atoms in total. The van der Waals surface area contributed by atoms with Crippen molar-refractivity contribution in [2.45, 2.75) is 0 Å². The number of anilines is 2. The molecule has 6 heteroatoms. The number of hydrogen-bond donors (Lipinski definition) is 2. The van der Waals surface area contributed by atoms with Crippen LogP contribution in [0, 0.1) is 5.82 Å². The summed E-state index contributed by atoms with van der Waals surface area (Å²) in [7, 11) is 0. The van der Waals surface area contributed by atoms with Crippen LogP contribution in [-0.2, 0) is 0 Å². The molecule has 0 aliphatic rings. The van der Waals surface area contributed by atoms with Gasteiger partial charge in [0.2, 0.25) is 0 Å². The predicted molar refractivity (Wildman–Crippen MR) is 73.9 cm³/mol. The van der Waals surface area contributed by atoms with Crippen molar-refractivity contribution in [1.82, 2.24) is 0 Å². The van der Waals surface area contributed by atoms with Crippen LogP contribution in [0.25, 0.3) is 0 Å². The lowest BCUT2D eigenvalue weighted by Gasteiger charge is -2.22. The standard InChI is InChI=1S/C13H10BrFN2O2/c14-9-3-1-2-4-10(9)17(13(16)19)11-6-5-8(15)7-12(11)18/h1-7,18H,(H2,16,19). The average molecular weight is 325 g/mol. The fraction of sp³-hybridized carbons (Fsp3) is 0. The van der Waals surface area contributed by atoms with Gasteiger partial charge in [-0.25, -0.2) is 9.18 Å². The van der Waals surface area contributed by atoms with E-state index in [1.165, 1.54) is 6.07 Å². The van der Waals surface area contributed by atoms with Gasteiger partial charge in [-0.2, -0.15) is 0 Å². The Bertz CT molecular complexity index is 634. The van der Waals surface area contributed by atoms with Gasteiger partial charge in [0, 0.05) is 10.5 Å². The normalized spacial score (nSPS) is 10.2. The largest absolute Gasteiger partial charge is 0.506 e. The topological polar surface area (TPSA) is 66.6 Å². The molecule has 2 rings (SSSR count). The highest BCUT2D eigenvalue weighted by molar-refractivity contribution is 9.10. The summed E-state index contributed by atoms with van der Waals surface area (Å²) >= 11 is 3.30. The molecule has 0 saturated heterocycles. The van der Waals surface area contributed by atoms with Gasteiger partial charge < -0.3 is 10.8 Å². The fourth-order valence-corrected chi connectivity index (χ4v) is 2.15. The van der Waals surface area contributed by atoms with E-state index in [0.29, 0.717) is 10.2 Å². The number of halogens is 2. The van der Waals surface area contributed by atoms with Crippen LogP contribution in [0.4, 0.5) is 20.6 Å². The van der Waals surface area contributed by atoms with Crippen molar-refractivity contribution in [3.8, 4) is 5.75 Å². The highest BCUT2D eigenvalue weighted by atomic mass is 79.9. The van der Waals surface area contributed by atoms with Crippen LogP contribution in [0.2, 0.25) is 0 Å². The number of nitrogens with zero attached hydrogens (tertiary/aromatic N) is 1. The van der Waals surface area contributed by atoms with E-state index in [2.05, 4.69) is 15.9 Å². The second-order valence-corrected chi connectivity index (χ2v) is 4.61. The van der Waals surface area contributed by atoms with E-state index in [9.17, 15) is 14.3 Å². The van der Waals surface area contributed by atoms with Crippen molar-refractivity contribution in [1.29, 1.82) is 0 Å². The van der Waals surface area contributed by atoms with Gasteiger partial charge in [-0.1, -0.05) is 12.1 Å². The summed E-state index contributed by atoms with van der Waals surface area (Å²) in [5.41, 5.74) is 5.91. The van der Waals surface area contributed by atoms with Gasteiger partial charge in [0.05, 0.1) is 11.4 Å². The molecule has 0 fully saturated rings. The first-order valence-corrected chi connectivity index (χ1v) is 6.12. The van der Waals surface area contributed by atoms with E-state index in [1.807, 2.05) is 0 Å². The summed E-state index contributed by atoms with van der Waals surface area (Å²) < 4.78 is 13.6. The van der Waals surface area contributed by atoms with Crippen LogP contribution < -0.4 is 10.6 Å². The predicted octanol–water partition coefficient (Wildman–Crippen LogP) is 3.51. The summed E-state index contributed by atoms with van der Waals surface area (Å²) in [5, 5.41) is 9.76. The Kier molecular flexibility index (Phi) is 3.71. The zero-order chi connectivity index (χ0) is 14.0. The lowest BCUT2D eigenvalue weighted by molar-refractivity contribution is 0.256. The molecule has 98 valence electrons. The molecule has 0 aliphatic carbocycles. The van der Waals surface area contributed by atoms with Crippen molar-refractivity contribution in [2.75, 3.05) is 4.90 Å². The number of rotatable bonds is 2. The van der Waals surface area contributed by atoms with Gasteiger partial charge in [-0.15, -0.1) is 0 Å². The number of hydrogen-bond acceptors (Lipinski definition) is 2. The van der Waals surface area contributed by atoms with Gasteiger partial charge in [0.25, 0.3) is 0 Å². The maximum absolute atomic E-state index is 13.0. The van der Waals surface area contributed by atoms with Crippen molar-refractivity contribution >= 4 is 33.3 Å². The monoisotopic (exact) mass is 324 g/mol. The number of benzene rings is 2. The summed E-state index contributed by atoms with van der Waals surface area (Å²) in [6.07, 6.45) is 0. The molecule has 0 unspecified atom stereocenters. The van der Waals surface area contributed by atoms with Crippen LogP contribution >= 0.6 is 15.9 Å². The molecule has 19 heavy (non-hydrogen) atoms. The number of primary amides is 1. The number of nitrogens with two attached hydrogens (primary N) is 1. The van der Waals surface area contributed by atoms with E-state index in [1.54, 1.807) is 24.3 Å². The van der Waals surface area contributed by atoms with Crippen LogP contribution in [0.3, 0.4) is 0 Å². The molecule has 2 aromatic rings. The lowest BCUT2D eigenvalue weighted by Crippen LogP contribution is -2.31. The Morgan fingerprint density at radius 2 is 1.89 bits per heavy atom. The Hall–Kier alpha value is -2.08. The Balaban J connectivity index is 2.59. The van der Waals surface area contributed by atoms with Gasteiger partial charge in [-0.3, -0.25) is 4.90 Å². The zero-order valence-corrected chi connectivity index (χ0v) is 11.3. The molecule has 0 aromatic heterocycles. The van der Waals surface area contributed by atoms with Crippen molar-refractivity contribution in [2.24, 2.45) is 5.73 Å². The summed E-state index contributed by atoms with van der Waals surface area (Å²) in [5.74, 6) is -0.965. The van der Waals surface area contributed by atoms with E-state index in [4.69, 9.17) is 5.73 Å². The first-order valence-electron chi connectivity index (χ1n) is 5.33. The highest BCUT2D eigenvalue weighted by Gasteiger charge is 2.20. The number of carbonyl (C=O) groups excluding carboxylic acids is 1. The molecular formula is C13H10BrFN2O2. The average Bonchev–Trinajstić information content (AvgIpc) is 2.34. The maximum Gasteiger partial charge on any atom is 0.324 e. The molecule has 2 aromatic carbocycles. The molecule has 3 N–H and O–H groups in total. The molecule has 0 saturated carbocycles. The number of phenols is 1. The summed E-state index contributed by atoms with van der Waals surface area (Å²) in [6.45, 7) is 0. The van der Waals surface area contributed by atoms with E-state index >= 15 is 0 Å². The van der Waals surface area contributed by atoms with Crippen LogP contribution in [0.1, 0.15) is 0 Å². The van der Waals surface area contributed by atoms with Gasteiger partial charge in [0.15, 0.2) is 0 Å². The summed E-state index contributed by atoms with van der Waals surface area (Å²) in [4.78, 5) is 12.7. The van der Waals surface area contributed by atoms with Crippen LogP contribution in [0.5, 0.6) is 5.75 Å². The lowest BCUT2D eigenvalue weighted by atomic mass is 10.2. The molecule has 0 radical (unpaired) electrons. The Labute approximate surface area is 117 Å². The van der Waals surface area contributed by atoms with Gasteiger partial charge >= 0.3 is 6.03 Å². The second-order valence-electron chi connectivity index (χ2n) is 3.76. The van der Waals surface area contributed by atoms with Gasteiger partial charge in [0.1, 0.15) is 11.6 Å². The zero-order valence-electron chi connectivity index (χ0n) is 9.68. The molecule has 0 bridgehead atoms. The minimum Gasteiger partial charge on any atom is -0.506 e. The van der Waals surface area contributed by atoms with E-state index < -0.39 is 11.8 Å². The minimum absolute atomic E-state index is 0.112. The first kappa shape index (κ1) is 13.4. The number of para-hydroxylation sites is 1. The summed E-state index contributed by atoms with van der Waals surface area (Å²) in [6, 6.07) is 9.43. The highest BCUT2D eigenvalue weighted by Crippen LogP contribution is 2.36. The number of carbonyl (C=O) groups is 1. The molecule has 0 heterocycles. The van der Waals surface area contributed by atoms with Crippen molar-refractivity contribution < 1.29 is 14.3 Å². The van der Waals surface area contributed by atoms with Crippen LogP contribution in [0.15, 0.2) is 46.9 Å². The third kappa shape index (κ3) is 2.68. The van der Waals surface area contributed by atoms with E-state index in [-0.39, 0.29) is 11.4 Å². The molecule has 0 spiro atoms. The molecule has 2 amide bonds. The Morgan fingerprint density at radius 1 is 1.21 bits per heavy atom. The smallest absolute Gasteiger partial charge is 0.324 e. The fourth-order valence-electron chi connectivity index (χ4n) is 1.69. The Morgan fingerprint density at radius 3 is 2.47 bits per heavy atom. The molecule has 0 aliphatic heterocycles. The number of aromatic hydroxyl groups is 1. The SMILES string of the molecule is NC(=O)N(c1ccc(F)cc1O)c1ccccc1Br. The molecule has 0 atom stereocenters. The second kappa shape index (κ2) is 5.27.